The van der Waals surface area contributed by atoms with Gasteiger partial charge in [-0.15, -0.1) is 11.8 Å². The van der Waals surface area contributed by atoms with Gasteiger partial charge in [-0.05, 0) is 42.9 Å². The number of fused-ring (bicyclic) bond motifs is 1. The van der Waals surface area contributed by atoms with Crippen molar-refractivity contribution in [2.45, 2.75) is 36.9 Å². The average Bonchev–Trinajstić information content (AvgIpc) is 2.92. The predicted molar refractivity (Wildman–Crippen MR) is 84.4 cm³/mol. The summed E-state index contributed by atoms with van der Waals surface area (Å²) in [4.78, 5) is 5.44. The lowest BCUT2D eigenvalue weighted by molar-refractivity contribution is 0.402. The molecule has 1 aliphatic heterocycles. The number of nitrogens with zero attached hydrogens (tertiary/aromatic N) is 2. The molecule has 2 unspecified atom stereocenters. The van der Waals surface area contributed by atoms with E-state index < -0.39 is 0 Å². The van der Waals surface area contributed by atoms with Gasteiger partial charge < -0.3 is 9.88 Å². The Hall–Kier alpha value is -0.970. The maximum absolute atomic E-state index is 6.14. The average molecular weight is 308 g/mol. The van der Waals surface area contributed by atoms with E-state index in [2.05, 4.69) is 33.9 Å². The molecule has 1 aromatic carbocycles. The van der Waals surface area contributed by atoms with Gasteiger partial charge in [-0.2, -0.15) is 0 Å². The number of hydrogen-bond acceptors (Lipinski definition) is 3. The van der Waals surface area contributed by atoms with Crippen molar-refractivity contribution in [2.24, 2.45) is 0 Å². The summed E-state index contributed by atoms with van der Waals surface area (Å²) in [7, 11) is 0. The Morgan fingerprint density at radius 1 is 1.55 bits per heavy atom. The highest BCUT2D eigenvalue weighted by Gasteiger charge is 2.22. The normalized spacial score (nSPS) is 19.6. The molecule has 0 bridgehead atoms. The molecular formula is C15H18ClN3S. The lowest BCUT2D eigenvalue weighted by Gasteiger charge is -2.29. The van der Waals surface area contributed by atoms with Crippen molar-refractivity contribution in [1.82, 2.24) is 14.9 Å². The van der Waals surface area contributed by atoms with Crippen molar-refractivity contribution >= 4 is 23.4 Å². The fourth-order valence-corrected chi connectivity index (χ4v) is 3.93. The zero-order valence-electron chi connectivity index (χ0n) is 11.4. The third-order valence-corrected chi connectivity index (χ3v) is 4.90. The van der Waals surface area contributed by atoms with Gasteiger partial charge in [0, 0.05) is 40.9 Å². The highest BCUT2D eigenvalue weighted by Crippen LogP contribution is 2.37. The minimum Gasteiger partial charge on any atom is -0.336 e. The molecule has 5 heteroatoms. The van der Waals surface area contributed by atoms with Crippen LogP contribution in [-0.4, -0.2) is 21.3 Å². The molecule has 1 N–H and O–H groups in total. The summed E-state index contributed by atoms with van der Waals surface area (Å²) in [5.41, 5.74) is 1.34. The van der Waals surface area contributed by atoms with Crippen molar-refractivity contribution < 1.29 is 0 Å². The van der Waals surface area contributed by atoms with Crippen LogP contribution in [0.3, 0.4) is 0 Å². The zero-order chi connectivity index (χ0) is 13.9. The third-order valence-electron chi connectivity index (χ3n) is 3.54. The molecule has 0 spiro atoms. The molecule has 2 heterocycles. The first-order valence-electron chi connectivity index (χ1n) is 6.86. The molecule has 0 aliphatic carbocycles. The van der Waals surface area contributed by atoms with Crippen LogP contribution in [0.4, 0.5) is 0 Å². The lowest BCUT2D eigenvalue weighted by atomic mass is 10.0. The Kier molecular flexibility index (Phi) is 4.34. The largest absolute Gasteiger partial charge is 0.336 e. The number of imidazole rings is 1. The van der Waals surface area contributed by atoms with Gasteiger partial charge >= 0.3 is 0 Å². The minimum absolute atomic E-state index is 0.392. The SMILES string of the molecule is CC(Cn1ccnc1)NC1CCSc2ccc(Cl)cc21. The minimum atomic E-state index is 0.392. The summed E-state index contributed by atoms with van der Waals surface area (Å²) in [6.07, 6.45) is 6.82. The second-order valence-electron chi connectivity index (χ2n) is 5.20. The van der Waals surface area contributed by atoms with E-state index in [9.17, 15) is 0 Å². The van der Waals surface area contributed by atoms with E-state index in [0.717, 1.165) is 23.7 Å². The molecule has 20 heavy (non-hydrogen) atoms. The van der Waals surface area contributed by atoms with Gasteiger partial charge in [0.1, 0.15) is 0 Å². The predicted octanol–water partition coefficient (Wildman–Crippen LogP) is 3.75. The Morgan fingerprint density at radius 3 is 3.25 bits per heavy atom. The topological polar surface area (TPSA) is 29.9 Å². The van der Waals surface area contributed by atoms with E-state index >= 15 is 0 Å². The number of halogens is 1. The highest BCUT2D eigenvalue weighted by atomic mass is 35.5. The maximum Gasteiger partial charge on any atom is 0.0946 e. The number of aromatic nitrogens is 2. The Labute approximate surface area is 128 Å². The van der Waals surface area contributed by atoms with E-state index in [0.29, 0.717) is 12.1 Å². The molecule has 1 aliphatic rings. The first-order chi connectivity index (χ1) is 9.72. The molecule has 3 rings (SSSR count). The molecule has 1 aromatic heterocycles. The molecule has 0 saturated carbocycles. The van der Waals surface area contributed by atoms with Gasteiger partial charge in [0.25, 0.3) is 0 Å². The number of rotatable bonds is 4. The summed E-state index contributed by atoms with van der Waals surface area (Å²) in [5.74, 6) is 1.16. The van der Waals surface area contributed by atoms with Gasteiger partial charge in [0.15, 0.2) is 0 Å². The van der Waals surface area contributed by atoms with Gasteiger partial charge in [0.05, 0.1) is 6.33 Å². The molecule has 0 fully saturated rings. The molecule has 2 atom stereocenters. The van der Waals surface area contributed by atoms with Crippen molar-refractivity contribution in [3.63, 3.8) is 0 Å². The van der Waals surface area contributed by atoms with E-state index in [-0.39, 0.29) is 0 Å². The summed E-state index contributed by atoms with van der Waals surface area (Å²) in [6, 6.07) is 7.00. The van der Waals surface area contributed by atoms with Crippen LogP contribution >= 0.6 is 23.4 Å². The standard InChI is InChI=1S/C15H18ClN3S/c1-11(9-19-6-5-17-10-19)18-14-4-7-20-15-3-2-12(16)8-13(14)15/h2-3,5-6,8,10-11,14,18H,4,7,9H2,1H3. The van der Waals surface area contributed by atoms with E-state index in [1.54, 1.807) is 0 Å². The first kappa shape index (κ1) is 14.0. The number of thioether (sulfide) groups is 1. The van der Waals surface area contributed by atoms with Crippen LogP contribution in [0.1, 0.15) is 24.9 Å². The first-order valence-corrected chi connectivity index (χ1v) is 8.23. The molecule has 0 saturated heterocycles. The fraction of sp³-hybridized carbons (Fsp3) is 0.400. The Bertz CT molecular complexity index is 571. The summed E-state index contributed by atoms with van der Waals surface area (Å²) in [6.45, 7) is 3.14. The van der Waals surface area contributed by atoms with Crippen molar-refractivity contribution in [3.05, 3.63) is 47.5 Å². The summed E-state index contributed by atoms with van der Waals surface area (Å²) >= 11 is 8.06. The van der Waals surface area contributed by atoms with Gasteiger partial charge in [-0.1, -0.05) is 11.6 Å². The van der Waals surface area contributed by atoms with Crippen LogP contribution in [-0.2, 0) is 6.54 Å². The van der Waals surface area contributed by atoms with Gasteiger partial charge in [0.2, 0.25) is 0 Å². The van der Waals surface area contributed by atoms with E-state index in [4.69, 9.17) is 11.6 Å². The molecule has 0 radical (unpaired) electrons. The maximum atomic E-state index is 6.14. The summed E-state index contributed by atoms with van der Waals surface area (Å²) < 4.78 is 2.11. The van der Waals surface area contributed by atoms with Gasteiger partial charge in [-0.3, -0.25) is 0 Å². The number of benzene rings is 1. The third kappa shape index (κ3) is 3.19. The van der Waals surface area contributed by atoms with Crippen LogP contribution in [0.5, 0.6) is 0 Å². The molecule has 0 amide bonds. The molecule has 106 valence electrons. The van der Waals surface area contributed by atoms with Crippen LogP contribution in [0.2, 0.25) is 5.02 Å². The van der Waals surface area contributed by atoms with Crippen LogP contribution < -0.4 is 5.32 Å². The molecule has 3 nitrogen and oxygen atoms in total. The van der Waals surface area contributed by atoms with Gasteiger partial charge in [-0.25, -0.2) is 4.98 Å². The van der Waals surface area contributed by atoms with Crippen molar-refractivity contribution in [3.8, 4) is 0 Å². The zero-order valence-corrected chi connectivity index (χ0v) is 13.0. The second kappa shape index (κ2) is 6.20. The van der Waals surface area contributed by atoms with E-state index in [1.165, 1.54) is 10.5 Å². The number of nitrogens with one attached hydrogen (secondary N) is 1. The smallest absolute Gasteiger partial charge is 0.0946 e. The van der Waals surface area contributed by atoms with Crippen LogP contribution in [0.25, 0.3) is 0 Å². The molecular weight excluding hydrogens is 290 g/mol. The monoisotopic (exact) mass is 307 g/mol. The quantitative estimate of drug-likeness (QED) is 0.933. The fourth-order valence-electron chi connectivity index (χ4n) is 2.65. The van der Waals surface area contributed by atoms with Crippen LogP contribution in [0.15, 0.2) is 41.8 Å². The Morgan fingerprint density at radius 2 is 2.45 bits per heavy atom. The molecule has 2 aromatic rings. The Balaban J connectivity index is 1.71. The highest BCUT2D eigenvalue weighted by molar-refractivity contribution is 7.99. The second-order valence-corrected chi connectivity index (χ2v) is 6.77. The van der Waals surface area contributed by atoms with Crippen LogP contribution in [0, 0.1) is 0 Å². The lowest BCUT2D eigenvalue weighted by Crippen LogP contribution is -2.35. The van der Waals surface area contributed by atoms with Crippen molar-refractivity contribution in [2.75, 3.05) is 5.75 Å². The van der Waals surface area contributed by atoms with Crippen molar-refractivity contribution in [1.29, 1.82) is 0 Å². The number of hydrogen-bond donors (Lipinski definition) is 1. The van der Waals surface area contributed by atoms with E-state index in [1.807, 2.05) is 36.5 Å². The summed E-state index contributed by atoms with van der Waals surface area (Å²) in [5, 5.41) is 4.54.